The molecule has 3 aromatic heterocycles. The number of aromatic nitrogens is 5. The van der Waals surface area contributed by atoms with Gasteiger partial charge in [0.05, 0.1) is 6.26 Å². The molecule has 2 saturated heterocycles. The summed E-state index contributed by atoms with van der Waals surface area (Å²) in [5.74, 6) is 1.63. The number of furan rings is 1. The Morgan fingerprint density at radius 1 is 0.917 bits per heavy atom. The SMILES string of the molecule is Nc1nc(N2CCC[C@H]2C(=O)N2CCN(C(=O)c3ccccc3)CC2)nc2nc(-c3ccco3)nn12. The van der Waals surface area contributed by atoms with Crippen LogP contribution in [0, 0.1) is 0 Å². The molecule has 2 fully saturated rings. The van der Waals surface area contributed by atoms with Crippen LogP contribution in [0.2, 0.25) is 0 Å². The molecule has 0 saturated carbocycles. The van der Waals surface area contributed by atoms with E-state index in [2.05, 4.69) is 20.1 Å². The van der Waals surface area contributed by atoms with Gasteiger partial charge in [-0.1, -0.05) is 18.2 Å². The number of piperazine rings is 1. The highest BCUT2D eigenvalue weighted by Crippen LogP contribution is 2.26. The number of hydrogen-bond donors (Lipinski definition) is 1. The van der Waals surface area contributed by atoms with E-state index >= 15 is 0 Å². The van der Waals surface area contributed by atoms with Crippen molar-refractivity contribution in [1.29, 1.82) is 0 Å². The third kappa shape index (κ3) is 3.89. The third-order valence-electron chi connectivity index (χ3n) is 6.66. The van der Waals surface area contributed by atoms with Crippen LogP contribution in [0.5, 0.6) is 0 Å². The van der Waals surface area contributed by atoms with Crippen molar-refractivity contribution < 1.29 is 14.0 Å². The second kappa shape index (κ2) is 8.95. The highest BCUT2D eigenvalue weighted by atomic mass is 16.3. The van der Waals surface area contributed by atoms with Gasteiger partial charge in [-0.2, -0.15) is 19.5 Å². The number of rotatable bonds is 4. The van der Waals surface area contributed by atoms with Gasteiger partial charge in [-0.15, -0.1) is 5.10 Å². The summed E-state index contributed by atoms with van der Waals surface area (Å²) >= 11 is 0. The topological polar surface area (TPSA) is 139 Å². The summed E-state index contributed by atoms with van der Waals surface area (Å²) in [7, 11) is 0. The fourth-order valence-electron chi connectivity index (χ4n) is 4.80. The lowest BCUT2D eigenvalue weighted by atomic mass is 10.1. The Hall–Kier alpha value is -4.48. The maximum Gasteiger partial charge on any atom is 0.259 e. The van der Waals surface area contributed by atoms with Crippen molar-refractivity contribution in [2.45, 2.75) is 18.9 Å². The molecule has 5 heterocycles. The summed E-state index contributed by atoms with van der Waals surface area (Å²) in [5, 5.41) is 4.33. The van der Waals surface area contributed by atoms with Gasteiger partial charge < -0.3 is 24.9 Å². The second-order valence-electron chi connectivity index (χ2n) is 8.84. The van der Waals surface area contributed by atoms with Crippen LogP contribution in [0.3, 0.4) is 0 Å². The van der Waals surface area contributed by atoms with Gasteiger partial charge in [0.15, 0.2) is 5.76 Å². The smallest absolute Gasteiger partial charge is 0.259 e. The Balaban J connectivity index is 1.17. The first-order valence-corrected chi connectivity index (χ1v) is 11.9. The summed E-state index contributed by atoms with van der Waals surface area (Å²) in [5.41, 5.74) is 6.83. The molecule has 2 aliphatic rings. The van der Waals surface area contributed by atoms with Gasteiger partial charge in [-0.25, -0.2) is 0 Å². The summed E-state index contributed by atoms with van der Waals surface area (Å²) in [6, 6.07) is 12.3. The molecule has 36 heavy (non-hydrogen) atoms. The van der Waals surface area contributed by atoms with E-state index in [0.29, 0.717) is 62.2 Å². The van der Waals surface area contributed by atoms with Crippen molar-refractivity contribution in [2.75, 3.05) is 43.4 Å². The number of fused-ring (bicyclic) bond motifs is 1. The minimum atomic E-state index is -0.393. The van der Waals surface area contributed by atoms with E-state index in [1.165, 1.54) is 4.52 Å². The van der Waals surface area contributed by atoms with Crippen LogP contribution in [0.15, 0.2) is 53.1 Å². The summed E-state index contributed by atoms with van der Waals surface area (Å²) < 4.78 is 6.73. The minimum absolute atomic E-state index is 0.00963. The van der Waals surface area contributed by atoms with Gasteiger partial charge in [0, 0.05) is 38.3 Å². The fourth-order valence-corrected chi connectivity index (χ4v) is 4.80. The van der Waals surface area contributed by atoms with E-state index < -0.39 is 6.04 Å². The van der Waals surface area contributed by atoms with Crippen LogP contribution in [-0.4, -0.2) is 84.9 Å². The molecule has 2 aliphatic heterocycles. The zero-order chi connectivity index (χ0) is 24.6. The largest absolute Gasteiger partial charge is 0.461 e. The molecule has 0 bridgehead atoms. The van der Waals surface area contributed by atoms with E-state index in [0.717, 1.165) is 6.42 Å². The molecule has 0 radical (unpaired) electrons. The second-order valence-corrected chi connectivity index (χ2v) is 8.84. The fraction of sp³-hybridized carbons (Fsp3) is 0.333. The Kier molecular flexibility index (Phi) is 5.47. The van der Waals surface area contributed by atoms with Crippen molar-refractivity contribution >= 4 is 29.5 Å². The first-order valence-electron chi connectivity index (χ1n) is 11.9. The van der Waals surface area contributed by atoms with Crippen LogP contribution >= 0.6 is 0 Å². The molecule has 1 aromatic carbocycles. The van der Waals surface area contributed by atoms with Gasteiger partial charge in [-0.3, -0.25) is 9.59 Å². The number of anilines is 2. The predicted octanol–water partition coefficient (Wildman–Crippen LogP) is 1.31. The van der Waals surface area contributed by atoms with Gasteiger partial charge in [0.1, 0.15) is 6.04 Å². The van der Waals surface area contributed by atoms with Gasteiger partial charge in [-0.05, 0) is 37.1 Å². The van der Waals surface area contributed by atoms with E-state index in [1.807, 2.05) is 40.1 Å². The zero-order valence-corrected chi connectivity index (χ0v) is 19.5. The molecular formula is C24H25N9O3. The Bertz CT molecular complexity index is 1400. The number of carbonyl (C=O) groups excluding carboxylic acids is 2. The number of benzene rings is 1. The number of nitrogens with two attached hydrogens (primary N) is 1. The van der Waals surface area contributed by atoms with Crippen molar-refractivity contribution in [3.63, 3.8) is 0 Å². The van der Waals surface area contributed by atoms with Gasteiger partial charge >= 0.3 is 0 Å². The standard InChI is InChI=1S/C24H25N9O3/c25-22-27-23(28-24-26-19(29-33(22)24)18-9-5-15-36-18)32-10-4-8-17(32)21(35)31-13-11-30(12-14-31)20(34)16-6-2-1-3-7-16/h1-3,5-7,9,15,17H,4,8,10-14H2,(H2,25,26,27,28,29)/t17-/m0/s1. The van der Waals surface area contributed by atoms with E-state index in [4.69, 9.17) is 10.2 Å². The molecule has 1 atom stereocenters. The molecule has 2 N–H and O–H groups in total. The quantitative estimate of drug-likeness (QED) is 0.451. The molecule has 0 aliphatic carbocycles. The van der Waals surface area contributed by atoms with E-state index in [1.54, 1.807) is 23.3 Å². The van der Waals surface area contributed by atoms with Gasteiger partial charge in [0.2, 0.25) is 23.6 Å². The minimum Gasteiger partial charge on any atom is -0.461 e. The van der Waals surface area contributed by atoms with Crippen molar-refractivity contribution in [3.05, 3.63) is 54.3 Å². The maximum atomic E-state index is 13.5. The Morgan fingerprint density at radius 2 is 1.69 bits per heavy atom. The van der Waals surface area contributed by atoms with E-state index in [-0.39, 0.29) is 23.5 Å². The van der Waals surface area contributed by atoms with Crippen LogP contribution in [-0.2, 0) is 4.79 Å². The number of amides is 2. The lowest BCUT2D eigenvalue weighted by Gasteiger charge is -2.37. The third-order valence-corrected chi connectivity index (χ3v) is 6.66. The lowest BCUT2D eigenvalue weighted by molar-refractivity contribution is -0.133. The lowest BCUT2D eigenvalue weighted by Crippen LogP contribution is -2.55. The molecule has 4 aromatic rings. The molecule has 12 nitrogen and oxygen atoms in total. The van der Waals surface area contributed by atoms with Crippen molar-refractivity contribution in [3.8, 4) is 11.6 Å². The number of carbonyl (C=O) groups is 2. The van der Waals surface area contributed by atoms with Crippen LogP contribution in [0.1, 0.15) is 23.2 Å². The molecular weight excluding hydrogens is 462 g/mol. The highest BCUT2D eigenvalue weighted by molar-refractivity contribution is 5.94. The number of nitrogens with zero attached hydrogens (tertiary/aromatic N) is 8. The molecule has 0 spiro atoms. The average molecular weight is 488 g/mol. The predicted molar refractivity (Wildman–Crippen MR) is 130 cm³/mol. The first kappa shape index (κ1) is 22.0. The maximum absolute atomic E-state index is 13.5. The Morgan fingerprint density at radius 3 is 2.44 bits per heavy atom. The van der Waals surface area contributed by atoms with Crippen LogP contribution in [0.4, 0.5) is 11.9 Å². The van der Waals surface area contributed by atoms with Crippen LogP contribution < -0.4 is 10.6 Å². The molecule has 184 valence electrons. The molecule has 6 rings (SSSR count). The summed E-state index contributed by atoms with van der Waals surface area (Å²) in [6.07, 6.45) is 3.07. The summed E-state index contributed by atoms with van der Waals surface area (Å²) in [4.78, 5) is 45.2. The zero-order valence-electron chi connectivity index (χ0n) is 19.5. The monoisotopic (exact) mass is 487 g/mol. The molecule has 12 heteroatoms. The molecule has 0 unspecified atom stereocenters. The van der Waals surface area contributed by atoms with Crippen LogP contribution in [0.25, 0.3) is 17.4 Å². The normalized spacial score (nSPS) is 18.2. The highest BCUT2D eigenvalue weighted by Gasteiger charge is 2.37. The average Bonchev–Trinajstić information content (AvgIpc) is 3.69. The number of hydrogen-bond acceptors (Lipinski definition) is 9. The summed E-state index contributed by atoms with van der Waals surface area (Å²) in [6.45, 7) is 2.60. The van der Waals surface area contributed by atoms with Crippen molar-refractivity contribution in [2.24, 2.45) is 0 Å². The van der Waals surface area contributed by atoms with Gasteiger partial charge in [0.25, 0.3) is 11.7 Å². The number of nitrogen functional groups attached to an aromatic ring is 1. The first-order chi connectivity index (χ1) is 17.6. The Labute approximate surface area is 206 Å². The van der Waals surface area contributed by atoms with Crippen molar-refractivity contribution in [1.82, 2.24) is 34.4 Å². The molecule has 2 amide bonds. The van der Waals surface area contributed by atoms with E-state index in [9.17, 15) is 9.59 Å².